The molecule has 206 valence electrons. The first-order valence-corrected chi connectivity index (χ1v) is 15.8. The van der Waals surface area contributed by atoms with E-state index >= 15 is 0 Å². The first-order chi connectivity index (χ1) is 19.9. The molecule has 1 saturated heterocycles. The van der Waals surface area contributed by atoms with E-state index in [1.54, 1.807) is 36.0 Å². The maximum atomic E-state index is 14.0. The molecule has 7 atom stereocenters. The number of hydrogen-bond acceptors (Lipinski definition) is 5. The zero-order valence-corrected chi connectivity index (χ0v) is 24.0. The Bertz CT molecular complexity index is 1750. The monoisotopic (exact) mass is 602 g/mol. The first kappa shape index (κ1) is 25.5. The van der Waals surface area contributed by atoms with Crippen molar-refractivity contribution in [3.63, 3.8) is 0 Å². The van der Waals surface area contributed by atoms with Crippen LogP contribution in [0.5, 0.6) is 0 Å². The number of carbonyl (C=O) groups excluding carboxylic acids is 2. The van der Waals surface area contributed by atoms with Gasteiger partial charge in [0, 0.05) is 21.1 Å². The van der Waals surface area contributed by atoms with Gasteiger partial charge in [0.2, 0.25) is 11.8 Å². The van der Waals surface area contributed by atoms with Crippen LogP contribution in [-0.4, -0.2) is 21.6 Å². The Kier molecular flexibility index (Phi) is 5.85. The molecular weight excluding hydrogens is 579 g/mol. The highest BCUT2D eigenvalue weighted by Gasteiger charge is 2.69. The first-order valence-electron chi connectivity index (χ1n) is 13.7. The van der Waals surface area contributed by atoms with Gasteiger partial charge in [-0.2, -0.15) is 0 Å². The van der Waals surface area contributed by atoms with E-state index in [0.717, 1.165) is 27.5 Å². The van der Waals surface area contributed by atoms with Gasteiger partial charge < -0.3 is 0 Å². The molecule has 0 spiro atoms. The van der Waals surface area contributed by atoms with Gasteiger partial charge >= 0.3 is 4.87 Å². The predicted molar refractivity (Wildman–Crippen MR) is 158 cm³/mol. The molecule has 2 saturated carbocycles. The van der Waals surface area contributed by atoms with Gasteiger partial charge in [0.05, 0.1) is 29.1 Å². The number of aromatic nitrogens is 1. The number of carbonyl (C=O) groups is 2. The molecule has 3 heterocycles. The third-order valence-corrected chi connectivity index (χ3v) is 12.5. The van der Waals surface area contributed by atoms with Crippen molar-refractivity contribution in [2.75, 3.05) is 4.90 Å². The lowest BCUT2D eigenvalue weighted by atomic mass is 9.68. The number of nitrogens with zero attached hydrogens (tertiary/aromatic N) is 2. The Morgan fingerprint density at radius 1 is 0.854 bits per heavy atom. The second-order valence-electron chi connectivity index (χ2n) is 11.4. The van der Waals surface area contributed by atoms with Gasteiger partial charge in [-0.15, -0.1) is 11.8 Å². The summed E-state index contributed by atoms with van der Waals surface area (Å²) in [6.07, 6.45) is 0.805. The number of rotatable bonds is 4. The van der Waals surface area contributed by atoms with Crippen LogP contribution in [0.2, 0.25) is 5.02 Å². The quantitative estimate of drug-likeness (QED) is 0.253. The summed E-state index contributed by atoms with van der Waals surface area (Å²) in [6, 6.07) is 23.3. The molecule has 3 fully saturated rings. The smallest absolute Gasteiger partial charge is 0.289 e. The minimum absolute atomic E-state index is 0.000714. The van der Waals surface area contributed by atoms with Gasteiger partial charge in [0.15, 0.2) is 0 Å². The highest BCUT2D eigenvalue weighted by Crippen LogP contribution is 2.69. The summed E-state index contributed by atoms with van der Waals surface area (Å²) in [5, 5.41) is 1.56. The third-order valence-electron chi connectivity index (χ3n) is 9.45. The molecule has 4 aromatic rings. The van der Waals surface area contributed by atoms with Gasteiger partial charge in [-0.25, -0.2) is 4.39 Å². The van der Waals surface area contributed by atoms with Gasteiger partial charge in [0.25, 0.3) is 0 Å². The number of thioether (sulfide) groups is 1. The van der Waals surface area contributed by atoms with Crippen molar-refractivity contribution in [3.05, 3.63) is 115 Å². The summed E-state index contributed by atoms with van der Waals surface area (Å²) >= 11 is 9.05. The number of benzene rings is 3. The van der Waals surface area contributed by atoms with Crippen molar-refractivity contribution in [3.8, 4) is 0 Å². The number of thiazole rings is 1. The minimum atomic E-state index is -0.391. The average Bonchev–Trinajstić information content (AvgIpc) is 3.69. The zero-order chi connectivity index (χ0) is 28.0. The van der Waals surface area contributed by atoms with Gasteiger partial charge in [-0.3, -0.25) is 23.9 Å². The van der Waals surface area contributed by atoms with Crippen LogP contribution < -0.4 is 9.77 Å². The summed E-state index contributed by atoms with van der Waals surface area (Å²) in [5.74, 6) is -1.41. The maximum absolute atomic E-state index is 14.0. The number of amides is 2. The molecule has 1 aromatic heterocycles. The fourth-order valence-corrected chi connectivity index (χ4v) is 11.2. The van der Waals surface area contributed by atoms with Crippen molar-refractivity contribution < 1.29 is 14.0 Å². The van der Waals surface area contributed by atoms with E-state index in [0.29, 0.717) is 17.3 Å². The average molecular weight is 603 g/mol. The van der Waals surface area contributed by atoms with Crippen LogP contribution in [0.25, 0.3) is 0 Å². The second kappa shape index (κ2) is 9.41. The summed E-state index contributed by atoms with van der Waals surface area (Å²) in [4.78, 5) is 43.5. The topological polar surface area (TPSA) is 59.4 Å². The molecule has 41 heavy (non-hydrogen) atoms. The molecule has 2 bridgehead atoms. The largest absolute Gasteiger partial charge is 0.308 e. The highest BCUT2D eigenvalue weighted by atomic mass is 35.5. The molecule has 5 nitrogen and oxygen atoms in total. The van der Waals surface area contributed by atoms with Gasteiger partial charge in [0.1, 0.15) is 5.82 Å². The second-order valence-corrected chi connectivity index (χ2v) is 14.0. The van der Waals surface area contributed by atoms with Crippen LogP contribution in [0.3, 0.4) is 0 Å². The normalized spacial score (nSPS) is 29.5. The van der Waals surface area contributed by atoms with Crippen molar-refractivity contribution >= 4 is 52.2 Å². The molecule has 3 aromatic carbocycles. The van der Waals surface area contributed by atoms with E-state index in [9.17, 15) is 18.8 Å². The predicted octanol–water partition coefficient (Wildman–Crippen LogP) is 6.43. The summed E-state index contributed by atoms with van der Waals surface area (Å²) in [7, 11) is 0. The van der Waals surface area contributed by atoms with Crippen LogP contribution >= 0.6 is 34.7 Å². The summed E-state index contributed by atoms with van der Waals surface area (Å²) in [5.41, 5.74) is 2.55. The van der Waals surface area contributed by atoms with Crippen LogP contribution in [0.15, 0.2) is 88.7 Å². The van der Waals surface area contributed by atoms with Crippen molar-refractivity contribution in [2.45, 2.75) is 29.2 Å². The Balaban J connectivity index is 1.23. The fraction of sp³-hybridized carbons (Fsp3) is 0.281. The SMILES string of the molecule is O=C1[C@@H]2[C@H]3C[C@@H]([C@@H]4Sc5c(sc(=O)n5Cc5ccccc5)[C@@H](c5ccc(F)cc5)[C@H]34)[C@H]2C(=O)N1c1ccc(Cl)cc1. The van der Waals surface area contributed by atoms with E-state index in [1.165, 1.54) is 28.4 Å². The van der Waals surface area contributed by atoms with E-state index in [-0.39, 0.29) is 57.3 Å². The molecule has 9 heteroatoms. The number of hydrogen-bond donors (Lipinski definition) is 0. The molecule has 0 unspecified atom stereocenters. The minimum Gasteiger partial charge on any atom is -0.289 e. The summed E-state index contributed by atoms with van der Waals surface area (Å²) < 4.78 is 15.9. The van der Waals surface area contributed by atoms with Crippen LogP contribution in [0.1, 0.15) is 28.3 Å². The zero-order valence-electron chi connectivity index (χ0n) is 21.7. The van der Waals surface area contributed by atoms with Crippen molar-refractivity contribution in [1.82, 2.24) is 4.57 Å². The summed E-state index contributed by atoms with van der Waals surface area (Å²) in [6.45, 7) is 0.466. The molecular formula is C32H24ClFN2O3S2. The number of anilines is 1. The molecule has 8 rings (SSSR count). The van der Waals surface area contributed by atoms with Crippen LogP contribution in [0, 0.1) is 35.4 Å². The van der Waals surface area contributed by atoms with E-state index < -0.39 is 5.92 Å². The van der Waals surface area contributed by atoms with E-state index in [2.05, 4.69) is 0 Å². The molecule has 0 N–H and O–H groups in total. The van der Waals surface area contributed by atoms with Gasteiger partial charge in [-0.05, 0) is 71.7 Å². The standard InChI is InChI=1S/C32H24ClFN2O3S2/c33-18-8-12-20(13-9-18)36-29(37)25-21-14-22(26(25)30(36)38)27-24(21)23(17-6-10-19(34)11-7-17)28-31(40-27)35(32(39)41-28)15-16-4-2-1-3-5-16/h1-13,21-27H,14-15H2/t21-,22+,23-,24-,25+,26+,27-/m0/s1. The molecule has 4 aliphatic rings. The third kappa shape index (κ3) is 3.76. The Morgan fingerprint density at radius 2 is 1.54 bits per heavy atom. The molecule has 2 amide bonds. The molecule has 2 aliphatic carbocycles. The number of halogens is 2. The number of fused-ring (bicyclic) bond motifs is 9. The lowest BCUT2D eigenvalue weighted by molar-refractivity contribution is -0.123. The number of imide groups is 1. The Labute approximate surface area is 249 Å². The molecule has 2 aliphatic heterocycles. The molecule has 0 radical (unpaired) electrons. The van der Waals surface area contributed by atoms with Crippen molar-refractivity contribution in [1.29, 1.82) is 0 Å². The fourth-order valence-electron chi connectivity index (χ4n) is 7.91. The van der Waals surface area contributed by atoms with Crippen LogP contribution in [0.4, 0.5) is 10.1 Å². The van der Waals surface area contributed by atoms with Crippen LogP contribution in [-0.2, 0) is 16.1 Å². The van der Waals surface area contributed by atoms with E-state index in [4.69, 9.17) is 11.6 Å². The van der Waals surface area contributed by atoms with E-state index in [1.807, 2.05) is 47.0 Å². The maximum Gasteiger partial charge on any atom is 0.308 e. The van der Waals surface area contributed by atoms with Crippen molar-refractivity contribution in [2.24, 2.45) is 29.6 Å². The Morgan fingerprint density at radius 3 is 2.24 bits per heavy atom. The lowest BCUT2D eigenvalue weighted by Gasteiger charge is -2.43. The highest BCUT2D eigenvalue weighted by molar-refractivity contribution is 8.00. The lowest BCUT2D eigenvalue weighted by Crippen LogP contribution is -2.43. The Hall–Kier alpha value is -3.20. The van der Waals surface area contributed by atoms with Gasteiger partial charge in [-0.1, -0.05) is 65.4 Å².